The van der Waals surface area contributed by atoms with Crippen molar-refractivity contribution < 1.29 is 0 Å². The van der Waals surface area contributed by atoms with Gasteiger partial charge in [-0.25, -0.2) is 0 Å². The molecular formula is C8H14N2. The average Bonchev–Trinajstić information content (AvgIpc) is 1.94. The molecule has 1 atom stereocenters. The van der Waals surface area contributed by atoms with E-state index in [-0.39, 0.29) is 0 Å². The van der Waals surface area contributed by atoms with Gasteiger partial charge in [-0.2, -0.15) is 0 Å². The Bertz CT molecular complexity index is 180. The van der Waals surface area contributed by atoms with Gasteiger partial charge in [0.25, 0.3) is 0 Å². The highest BCUT2D eigenvalue weighted by molar-refractivity contribution is 6.41. The van der Waals surface area contributed by atoms with Crippen LogP contribution in [0, 0.1) is 0 Å². The lowest BCUT2D eigenvalue weighted by atomic mass is 10.1. The van der Waals surface area contributed by atoms with Crippen molar-refractivity contribution in [2.45, 2.75) is 33.2 Å². The zero-order valence-electron chi connectivity index (χ0n) is 6.89. The second kappa shape index (κ2) is 2.95. The summed E-state index contributed by atoms with van der Waals surface area (Å²) in [5, 5.41) is 0. The fourth-order valence-corrected chi connectivity index (χ4v) is 1.11. The molecule has 1 unspecified atom stereocenters. The Morgan fingerprint density at radius 1 is 1.60 bits per heavy atom. The molecule has 0 aromatic carbocycles. The second-order valence-electron chi connectivity index (χ2n) is 2.70. The van der Waals surface area contributed by atoms with Crippen molar-refractivity contribution in [2.75, 3.05) is 6.54 Å². The molecule has 0 radical (unpaired) electrons. The van der Waals surface area contributed by atoms with E-state index in [0.29, 0.717) is 6.04 Å². The molecule has 0 aromatic heterocycles. The first-order valence-corrected chi connectivity index (χ1v) is 3.82. The Kier molecular flexibility index (Phi) is 2.20. The Morgan fingerprint density at radius 2 is 2.30 bits per heavy atom. The standard InChI is InChI=1S/C8H14N2/c1-4-8-7(3)9-5-6(2)10-8/h6H,4-5H2,1-3H3. The van der Waals surface area contributed by atoms with Crippen molar-refractivity contribution in [3.8, 4) is 0 Å². The maximum atomic E-state index is 4.47. The molecule has 0 aliphatic carbocycles. The third kappa shape index (κ3) is 1.43. The lowest BCUT2D eigenvalue weighted by molar-refractivity contribution is 0.745. The summed E-state index contributed by atoms with van der Waals surface area (Å²) < 4.78 is 0. The molecule has 1 rings (SSSR count). The van der Waals surface area contributed by atoms with Crippen LogP contribution < -0.4 is 0 Å². The number of hydrogen-bond acceptors (Lipinski definition) is 2. The zero-order valence-corrected chi connectivity index (χ0v) is 6.89. The Morgan fingerprint density at radius 3 is 2.80 bits per heavy atom. The van der Waals surface area contributed by atoms with Crippen LogP contribution >= 0.6 is 0 Å². The highest BCUT2D eigenvalue weighted by Crippen LogP contribution is 2.03. The Hall–Kier alpha value is -0.660. The molecule has 0 amide bonds. The lowest BCUT2D eigenvalue weighted by Crippen LogP contribution is -2.21. The molecule has 0 fully saturated rings. The summed E-state index contributed by atoms with van der Waals surface area (Å²) >= 11 is 0. The molecule has 1 aliphatic heterocycles. The highest BCUT2D eigenvalue weighted by atomic mass is 14.9. The molecular weight excluding hydrogens is 124 g/mol. The SMILES string of the molecule is CCC1=NC(C)CN=C1C. The van der Waals surface area contributed by atoms with E-state index in [4.69, 9.17) is 0 Å². The van der Waals surface area contributed by atoms with Crippen LogP contribution in [0.5, 0.6) is 0 Å². The van der Waals surface area contributed by atoms with Crippen molar-refractivity contribution in [1.29, 1.82) is 0 Å². The normalized spacial score (nSPS) is 25.7. The summed E-state index contributed by atoms with van der Waals surface area (Å²) in [7, 11) is 0. The zero-order chi connectivity index (χ0) is 7.56. The lowest BCUT2D eigenvalue weighted by Gasteiger charge is -2.13. The molecule has 56 valence electrons. The second-order valence-corrected chi connectivity index (χ2v) is 2.70. The molecule has 2 nitrogen and oxygen atoms in total. The molecule has 0 saturated carbocycles. The first-order chi connectivity index (χ1) is 4.74. The van der Waals surface area contributed by atoms with E-state index in [1.54, 1.807) is 0 Å². The van der Waals surface area contributed by atoms with E-state index < -0.39 is 0 Å². The van der Waals surface area contributed by atoms with Gasteiger partial charge in [0.05, 0.1) is 24.0 Å². The minimum atomic E-state index is 0.402. The van der Waals surface area contributed by atoms with Gasteiger partial charge in [-0.3, -0.25) is 9.98 Å². The topological polar surface area (TPSA) is 24.7 Å². The molecule has 0 saturated heterocycles. The van der Waals surface area contributed by atoms with Gasteiger partial charge in [0, 0.05) is 0 Å². The van der Waals surface area contributed by atoms with E-state index >= 15 is 0 Å². The van der Waals surface area contributed by atoms with Crippen LogP contribution in [0.1, 0.15) is 27.2 Å². The first kappa shape index (κ1) is 7.45. The summed E-state index contributed by atoms with van der Waals surface area (Å²) in [6.45, 7) is 7.13. The van der Waals surface area contributed by atoms with Crippen LogP contribution in [0.4, 0.5) is 0 Å². The molecule has 2 heteroatoms. The van der Waals surface area contributed by atoms with Crippen molar-refractivity contribution in [2.24, 2.45) is 9.98 Å². The van der Waals surface area contributed by atoms with E-state index in [0.717, 1.165) is 18.7 Å². The Labute approximate surface area is 62.1 Å². The highest BCUT2D eigenvalue weighted by Gasteiger charge is 2.09. The number of nitrogens with zero attached hydrogens (tertiary/aromatic N) is 2. The molecule has 0 aromatic rings. The fourth-order valence-electron chi connectivity index (χ4n) is 1.11. The fraction of sp³-hybridized carbons (Fsp3) is 0.750. The van der Waals surface area contributed by atoms with E-state index in [2.05, 4.69) is 23.8 Å². The predicted octanol–water partition coefficient (Wildman–Crippen LogP) is 1.70. The van der Waals surface area contributed by atoms with Crippen LogP contribution in [-0.4, -0.2) is 24.0 Å². The molecule has 1 aliphatic rings. The van der Waals surface area contributed by atoms with Gasteiger partial charge in [-0.1, -0.05) is 6.92 Å². The molecule has 1 heterocycles. The summed E-state index contributed by atoms with van der Waals surface area (Å²) in [5.74, 6) is 0. The largest absolute Gasteiger partial charge is 0.286 e. The molecule has 0 N–H and O–H groups in total. The van der Waals surface area contributed by atoms with E-state index in [1.165, 1.54) is 5.71 Å². The van der Waals surface area contributed by atoms with Crippen LogP contribution in [0.3, 0.4) is 0 Å². The van der Waals surface area contributed by atoms with Crippen molar-refractivity contribution in [3.63, 3.8) is 0 Å². The smallest absolute Gasteiger partial charge is 0.0670 e. The van der Waals surface area contributed by atoms with Gasteiger partial charge in [-0.15, -0.1) is 0 Å². The van der Waals surface area contributed by atoms with E-state index in [1.807, 2.05) is 6.92 Å². The van der Waals surface area contributed by atoms with Gasteiger partial charge < -0.3 is 0 Å². The maximum Gasteiger partial charge on any atom is 0.0670 e. The summed E-state index contributed by atoms with van der Waals surface area (Å²) in [5.41, 5.74) is 2.30. The number of aliphatic imine (C=N–C) groups is 2. The van der Waals surface area contributed by atoms with Crippen molar-refractivity contribution >= 4 is 11.4 Å². The van der Waals surface area contributed by atoms with Gasteiger partial charge in [0.15, 0.2) is 0 Å². The van der Waals surface area contributed by atoms with Gasteiger partial charge in [0.1, 0.15) is 0 Å². The van der Waals surface area contributed by atoms with Crippen molar-refractivity contribution in [1.82, 2.24) is 0 Å². The molecule has 0 bridgehead atoms. The predicted molar refractivity (Wildman–Crippen MR) is 45.2 cm³/mol. The number of hydrogen-bond donors (Lipinski definition) is 0. The quantitative estimate of drug-likeness (QED) is 0.527. The van der Waals surface area contributed by atoms with Crippen LogP contribution in [0.15, 0.2) is 9.98 Å². The minimum Gasteiger partial charge on any atom is -0.286 e. The number of rotatable bonds is 1. The summed E-state index contributed by atoms with van der Waals surface area (Å²) in [4.78, 5) is 8.82. The average molecular weight is 138 g/mol. The van der Waals surface area contributed by atoms with Crippen LogP contribution in [-0.2, 0) is 0 Å². The van der Waals surface area contributed by atoms with Crippen molar-refractivity contribution in [3.05, 3.63) is 0 Å². The minimum absolute atomic E-state index is 0.402. The maximum absolute atomic E-state index is 4.47. The summed E-state index contributed by atoms with van der Waals surface area (Å²) in [6.07, 6.45) is 1.01. The monoisotopic (exact) mass is 138 g/mol. The van der Waals surface area contributed by atoms with Gasteiger partial charge in [0.2, 0.25) is 0 Å². The van der Waals surface area contributed by atoms with Crippen LogP contribution in [0.25, 0.3) is 0 Å². The molecule has 0 spiro atoms. The summed E-state index contributed by atoms with van der Waals surface area (Å²) in [6, 6.07) is 0.402. The third-order valence-electron chi connectivity index (χ3n) is 1.72. The first-order valence-electron chi connectivity index (χ1n) is 3.82. The van der Waals surface area contributed by atoms with E-state index in [9.17, 15) is 0 Å². The van der Waals surface area contributed by atoms with Gasteiger partial charge in [-0.05, 0) is 20.3 Å². The van der Waals surface area contributed by atoms with Gasteiger partial charge >= 0.3 is 0 Å². The Balaban J connectivity index is 2.74. The third-order valence-corrected chi connectivity index (χ3v) is 1.72. The van der Waals surface area contributed by atoms with Crippen LogP contribution in [0.2, 0.25) is 0 Å². The molecule has 10 heavy (non-hydrogen) atoms.